The topological polar surface area (TPSA) is 50.7 Å². The average molecular weight is 311 g/mol. The first-order valence-electron chi connectivity index (χ1n) is 7.19. The molecule has 1 N–H and O–H groups in total. The lowest BCUT2D eigenvalue weighted by Gasteiger charge is -2.15. The third kappa shape index (κ3) is 6.17. The van der Waals surface area contributed by atoms with E-state index in [4.69, 9.17) is 16.3 Å². The molecule has 0 radical (unpaired) electrons. The van der Waals surface area contributed by atoms with Crippen molar-refractivity contribution in [2.45, 2.75) is 53.1 Å². The number of benzene rings is 1. The summed E-state index contributed by atoms with van der Waals surface area (Å²) >= 11 is 5.89. The van der Waals surface area contributed by atoms with E-state index in [0.717, 1.165) is 30.5 Å². The minimum atomic E-state index is -0.618. The molecule has 21 heavy (non-hydrogen) atoms. The first kappa shape index (κ1) is 17.5. The van der Waals surface area contributed by atoms with Crippen LogP contribution < -0.4 is 10.2 Å². The minimum Gasteiger partial charge on any atom is -0.481 e. The Morgan fingerprint density at radius 2 is 2.19 bits per heavy atom. The summed E-state index contributed by atoms with van der Waals surface area (Å²) in [5.74, 6) is 0.383. The van der Waals surface area contributed by atoms with Crippen LogP contribution in [0, 0.1) is 6.92 Å². The lowest BCUT2D eigenvalue weighted by Crippen LogP contribution is -2.34. The first-order chi connectivity index (χ1) is 9.93. The zero-order valence-electron chi connectivity index (χ0n) is 13.1. The molecular formula is C16H23ClN2O2. The number of rotatable bonds is 7. The number of nitrogens with one attached hydrogen (secondary N) is 1. The molecule has 0 heterocycles. The molecule has 1 aromatic carbocycles. The molecule has 0 aliphatic heterocycles. The molecule has 1 atom stereocenters. The van der Waals surface area contributed by atoms with Crippen molar-refractivity contribution in [3.8, 4) is 5.75 Å². The molecule has 1 unspecified atom stereocenters. The van der Waals surface area contributed by atoms with Gasteiger partial charge in [0.25, 0.3) is 5.91 Å². The summed E-state index contributed by atoms with van der Waals surface area (Å²) in [6.45, 7) is 7.61. The number of carbonyl (C=O) groups excluding carboxylic acids is 1. The third-order valence-corrected chi connectivity index (χ3v) is 3.29. The van der Waals surface area contributed by atoms with Crippen LogP contribution in [-0.4, -0.2) is 17.7 Å². The van der Waals surface area contributed by atoms with Crippen molar-refractivity contribution in [1.82, 2.24) is 5.43 Å². The van der Waals surface area contributed by atoms with Crippen molar-refractivity contribution in [3.05, 3.63) is 28.8 Å². The number of ether oxygens (including phenoxy) is 1. The van der Waals surface area contributed by atoms with E-state index >= 15 is 0 Å². The maximum Gasteiger partial charge on any atom is 0.280 e. The highest BCUT2D eigenvalue weighted by Crippen LogP contribution is 2.22. The monoisotopic (exact) mass is 310 g/mol. The van der Waals surface area contributed by atoms with Gasteiger partial charge in [0.1, 0.15) is 5.75 Å². The third-order valence-electron chi connectivity index (χ3n) is 3.06. The maximum absolute atomic E-state index is 11.9. The van der Waals surface area contributed by atoms with Gasteiger partial charge in [-0.25, -0.2) is 5.43 Å². The van der Waals surface area contributed by atoms with E-state index in [2.05, 4.69) is 17.5 Å². The van der Waals surface area contributed by atoms with Gasteiger partial charge in [-0.1, -0.05) is 24.9 Å². The van der Waals surface area contributed by atoms with Gasteiger partial charge in [0.15, 0.2) is 6.10 Å². The Morgan fingerprint density at radius 1 is 1.48 bits per heavy atom. The second-order valence-electron chi connectivity index (χ2n) is 5.10. The van der Waals surface area contributed by atoms with E-state index in [0.29, 0.717) is 10.8 Å². The highest BCUT2D eigenvalue weighted by atomic mass is 35.5. The number of carbonyl (C=O) groups is 1. The number of hydrogen-bond acceptors (Lipinski definition) is 3. The normalized spacial score (nSPS) is 12.9. The molecule has 1 rings (SSSR count). The predicted octanol–water partition coefficient (Wildman–Crippen LogP) is 4.10. The van der Waals surface area contributed by atoms with Crippen LogP contribution >= 0.6 is 11.6 Å². The summed E-state index contributed by atoms with van der Waals surface area (Å²) in [4.78, 5) is 11.9. The van der Waals surface area contributed by atoms with Crippen LogP contribution in [0.5, 0.6) is 5.75 Å². The summed E-state index contributed by atoms with van der Waals surface area (Å²) in [5, 5.41) is 4.72. The van der Waals surface area contributed by atoms with Crippen molar-refractivity contribution in [2.24, 2.45) is 5.10 Å². The van der Waals surface area contributed by atoms with Crippen molar-refractivity contribution in [2.75, 3.05) is 0 Å². The largest absolute Gasteiger partial charge is 0.481 e. The van der Waals surface area contributed by atoms with Crippen LogP contribution in [0.1, 0.15) is 45.6 Å². The van der Waals surface area contributed by atoms with Gasteiger partial charge in [0.2, 0.25) is 0 Å². The summed E-state index contributed by atoms with van der Waals surface area (Å²) in [5.41, 5.74) is 4.35. The predicted molar refractivity (Wildman–Crippen MR) is 87.1 cm³/mol. The lowest BCUT2D eigenvalue weighted by atomic mass is 10.2. The summed E-state index contributed by atoms with van der Waals surface area (Å²) in [6.07, 6.45) is 2.45. The van der Waals surface area contributed by atoms with Gasteiger partial charge >= 0.3 is 0 Å². The van der Waals surface area contributed by atoms with Gasteiger partial charge in [-0.15, -0.1) is 0 Å². The molecule has 0 fully saturated rings. The minimum absolute atomic E-state index is 0.264. The fourth-order valence-corrected chi connectivity index (χ4v) is 1.95. The Kier molecular flexibility index (Phi) is 7.23. The Hall–Kier alpha value is -1.55. The molecule has 0 saturated carbocycles. The number of aryl methyl sites for hydroxylation is 1. The van der Waals surface area contributed by atoms with Crippen molar-refractivity contribution in [3.63, 3.8) is 0 Å². The van der Waals surface area contributed by atoms with E-state index in [-0.39, 0.29) is 5.91 Å². The highest BCUT2D eigenvalue weighted by Gasteiger charge is 2.15. The van der Waals surface area contributed by atoms with Gasteiger partial charge in [0, 0.05) is 10.7 Å². The van der Waals surface area contributed by atoms with Crippen LogP contribution in [0.4, 0.5) is 0 Å². The Labute approximate surface area is 131 Å². The van der Waals surface area contributed by atoms with E-state index in [1.165, 1.54) is 0 Å². The molecule has 5 heteroatoms. The quantitative estimate of drug-likeness (QED) is 0.609. The fourth-order valence-electron chi connectivity index (χ4n) is 1.72. The van der Waals surface area contributed by atoms with E-state index < -0.39 is 6.10 Å². The SMILES string of the molecule is CCCCC(C)=NNC(=O)C(C)Oc1ccc(Cl)cc1C. The van der Waals surface area contributed by atoms with Crippen LogP contribution in [0.3, 0.4) is 0 Å². The molecule has 116 valence electrons. The number of hydrogen-bond donors (Lipinski definition) is 1. The lowest BCUT2D eigenvalue weighted by molar-refractivity contribution is -0.127. The zero-order valence-corrected chi connectivity index (χ0v) is 13.8. The van der Waals surface area contributed by atoms with Gasteiger partial charge in [-0.3, -0.25) is 4.79 Å². The molecule has 0 aliphatic rings. The summed E-state index contributed by atoms with van der Waals surface area (Å²) in [7, 11) is 0. The highest BCUT2D eigenvalue weighted by molar-refractivity contribution is 6.30. The average Bonchev–Trinajstić information content (AvgIpc) is 2.45. The second-order valence-corrected chi connectivity index (χ2v) is 5.53. The Bertz CT molecular complexity index is 515. The van der Waals surface area contributed by atoms with E-state index in [1.54, 1.807) is 25.1 Å². The maximum atomic E-state index is 11.9. The molecular weight excluding hydrogens is 288 g/mol. The van der Waals surface area contributed by atoms with Gasteiger partial charge in [-0.05, 0) is 57.4 Å². The fraction of sp³-hybridized carbons (Fsp3) is 0.500. The number of hydrazone groups is 1. The van der Waals surface area contributed by atoms with E-state index in [9.17, 15) is 4.79 Å². The van der Waals surface area contributed by atoms with Crippen LogP contribution in [0.25, 0.3) is 0 Å². The standard InChI is InChI=1S/C16H23ClN2O2/c1-5-6-7-12(3)18-19-16(20)13(4)21-15-9-8-14(17)10-11(15)2/h8-10,13H,5-7H2,1-4H3,(H,19,20). The Morgan fingerprint density at radius 3 is 2.81 bits per heavy atom. The smallest absolute Gasteiger partial charge is 0.280 e. The molecule has 0 saturated heterocycles. The van der Waals surface area contributed by atoms with Crippen molar-refractivity contribution in [1.29, 1.82) is 0 Å². The molecule has 0 spiro atoms. The van der Waals surface area contributed by atoms with E-state index in [1.807, 2.05) is 13.8 Å². The van der Waals surface area contributed by atoms with Crippen LogP contribution in [0.2, 0.25) is 5.02 Å². The number of halogens is 1. The molecule has 4 nitrogen and oxygen atoms in total. The molecule has 0 aromatic heterocycles. The van der Waals surface area contributed by atoms with Crippen molar-refractivity contribution >= 4 is 23.2 Å². The molecule has 1 aromatic rings. The van der Waals surface area contributed by atoms with Gasteiger partial charge < -0.3 is 4.74 Å². The number of amides is 1. The first-order valence-corrected chi connectivity index (χ1v) is 7.57. The van der Waals surface area contributed by atoms with Gasteiger partial charge in [-0.2, -0.15) is 5.10 Å². The summed E-state index contributed by atoms with van der Waals surface area (Å²) in [6, 6.07) is 5.30. The Balaban J connectivity index is 2.54. The molecule has 1 amide bonds. The van der Waals surface area contributed by atoms with Crippen LogP contribution in [0.15, 0.2) is 23.3 Å². The number of nitrogens with zero attached hydrogens (tertiary/aromatic N) is 1. The second kappa shape index (κ2) is 8.67. The molecule has 0 bridgehead atoms. The number of unbranched alkanes of at least 4 members (excludes halogenated alkanes) is 1. The summed E-state index contributed by atoms with van der Waals surface area (Å²) < 4.78 is 5.64. The van der Waals surface area contributed by atoms with Gasteiger partial charge in [0.05, 0.1) is 0 Å². The molecule has 0 aliphatic carbocycles. The van der Waals surface area contributed by atoms with Crippen molar-refractivity contribution < 1.29 is 9.53 Å². The van der Waals surface area contributed by atoms with Crippen LogP contribution in [-0.2, 0) is 4.79 Å². The zero-order chi connectivity index (χ0) is 15.8.